The molecule has 0 radical (unpaired) electrons. The largest absolute Gasteiger partial charge is 0.494 e. The van der Waals surface area contributed by atoms with Crippen molar-refractivity contribution in [3.63, 3.8) is 0 Å². The maximum absolute atomic E-state index is 13.8. The van der Waals surface area contributed by atoms with Crippen LogP contribution >= 0.6 is 0 Å². The second-order valence-corrected chi connectivity index (χ2v) is 5.68. The summed E-state index contributed by atoms with van der Waals surface area (Å²) in [5.41, 5.74) is 3.39. The monoisotopic (exact) mass is 313 g/mol. The number of halogens is 1. The van der Waals surface area contributed by atoms with Gasteiger partial charge in [-0.25, -0.2) is 4.39 Å². The molecule has 0 spiro atoms. The molecule has 1 fully saturated rings. The summed E-state index contributed by atoms with van der Waals surface area (Å²) in [6.07, 6.45) is 3.94. The van der Waals surface area contributed by atoms with Gasteiger partial charge in [-0.1, -0.05) is 6.07 Å². The number of methoxy groups -OCH3 is 1. The highest BCUT2D eigenvalue weighted by molar-refractivity contribution is 5.67. The number of anilines is 1. The van der Waals surface area contributed by atoms with Crippen molar-refractivity contribution in [2.24, 2.45) is 0 Å². The third-order valence-electron chi connectivity index (χ3n) is 3.98. The number of hydrogen-bond acceptors (Lipinski definition) is 5. The van der Waals surface area contributed by atoms with E-state index in [4.69, 9.17) is 4.74 Å². The summed E-state index contributed by atoms with van der Waals surface area (Å²) in [4.78, 5) is 0. The molecule has 4 rings (SSSR count). The summed E-state index contributed by atoms with van der Waals surface area (Å²) in [6, 6.07) is 6.94. The first-order chi connectivity index (χ1) is 11.2. The van der Waals surface area contributed by atoms with E-state index in [1.165, 1.54) is 26.0 Å². The third kappa shape index (κ3) is 2.69. The van der Waals surface area contributed by atoms with Crippen molar-refractivity contribution in [3.8, 4) is 5.75 Å². The van der Waals surface area contributed by atoms with Gasteiger partial charge in [-0.2, -0.15) is 9.61 Å². The van der Waals surface area contributed by atoms with Crippen LogP contribution in [0.3, 0.4) is 0 Å². The average Bonchev–Trinajstić information content (AvgIpc) is 3.30. The average molecular weight is 313 g/mol. The van der Waals surface area contributed by atoms with Crippen molar-refractivity contribution in [2.75, 3.05) is 12.4 Å². The molecule has 2 heterocycles. The zero-order valence-corrected chi connectivity index (χ0v) is 12.7. The van der Waals surface area contributed by atoms with Gasteiger partial charge in [-0.15, -0.1) is 10.2 Å². The van der Waals surface area contributed by atoms with Crippen molar-refractivity contribution < 1.29 is 9.13 Å². The lowest BCUT2D eigenvalue weighted by Gasteiger charge is -2.10. The highest BCUT2D eigenvalue weighted by atomic mass is 19.1. The first-order valence-electron chi connectivity index (χ1n) is 7.52. The first-order valence-corrected chi connectivity index (χ1v) is 7.52. The molecule has 0 bridgehead atoms. The van der Waals surface area contributed by atoms with Crippen LogP contribution < -0.4 is 10.1 Å². The Balaban J connectivity index is 1.59. The van der Waals surface area contributed by atoms with Crippen molar-refractivity contribution in [3.05, 3.63) is 47.7 Å². The molecule has 23 heavy (non-hydrogen) atoms. The first kappa shape index (κ1) is 13.9. The molecule has 0 aliphatic heterocycles. The lowest BCUT2D eigenvalue weighted by Crippen LogP contribution is -2.05. The van der Waals surface area contributed by atoms with E-state index in [1.807, 2.05) is 12.1 Å². The van der Waals surface area contributed by atoms with E-state index in [-0.39, 0.29) is 11.6 Å². The molecule has 1 saturated carbocycles. The molecule has 7 heteroatoms. The van der Waals surface area contributed by atoms with Gasteiger partial charge >= 0.3 is 0 Å². The predicted octanol–water partition coefficient (Wildman–Crippen LogP) is 2.76. The van der Waals surface area contributed by atoms with E-state index in [0.717, 1.165) is 16.9 Å². The van der Waals surface area contributed by atoms with Crippen molar-refractivity contribution in [1.82, 2.24) is 19.8 Å². The standard InChI is InChI=1S/C16H16FN5O/c1-23-15-5-2-10(6-12(15)17)8-18-14-7-13(11-3-4-11)21-22-9-19-20-16(14)22/h2,5-7,9,11,18H,3-4,8H2,1H3. The summed E-state index contributed by atoms with van der Waals surface area (Å²) in [7, 11) is 1.45. The van der Waals surface area contributed by atoms with Crippen molar-refractivity contribution in [1.29, 1.82) is 0 Å². The smallest absolute Gasteiger partial charge is 0.200 e. The minimum Gasteiger partial charge on any atom is -0.494 e. The molecule has 6 nitrogen and oxygen atoms in total. The molecule has 2 aromatic heterocycles. The Morgan fingerprint density at radius 3 is 2.96 bits per heavy atom. The molecular formula is C16H16FN5O. The fourth-order valence-electron chi connectivity index (χ4n) is 2.57. The predicted molar refractivity (Wildman–Crippen MR) is 83.0 cm³/mol. The number of hydrogen-bond donors (Lipinski definition) is 1. The summed E-state index contributed by atoms with van der Waals surface area (Å²) < 4.78 is 20.4. The number of fused-ring (bicyclic) bond motifs is 1. The highest BCUT2D eigenvalue weighted by Crippen LogP contribution is 2.39. The number of nitrogens with zero attached hydrogens (tertiary/aromatic N) is 4. The summed E-state index contributed by atoms with van der Waals surface area (Å²) in [5.74, 6) is 0.405. The Hall–Kier alpha value is -2.70. The van der Waals surface area contributed by atoms with Gasteiger partial charge in [0.25, 0.3) is 0 Å². The Bertz CT molecular complexity index is 859. The summed E-state index contributed by atoms with van der Waals surface area (Å²) >= 11 is 0. The third-order valence-corrected chi connectivity index (χ3v) is 3.98. The molecule has 1 aromatic carbocycles. The van der Waals surface area contributed by atoms with Gasteiger partial charge in [0.1, 0.15) is 6.33 Å². The molecule has 1 aliphatic carbocycles. The van der Waals surface area contributed by atoms with Gasteiger partial charge in [-0.3, -0.25) is 0 Å². The Labute approximate surface area is 132 Å². The number of nitrogens with one attached hydrogen (secondary N) is 1. The van der Waals surface area contributed by atoms with Crippen LogP contribution in [0.5, 0.6) is 5.75 Å². The lowest BCUT2D eigenvalue weighted by molar-refractivity contribution is 0.386. The van der Waals surface area contributed by atoms with Gasteiger partial charge in [-0.05, 0) is 36.6 Å². The number of aromatic nitrogens is 4. The minimum absolute atomic E-state index is 0.244. The van der Waals surface area contributed by atoms with Crippen LogP contribution in [0.4, 0.5) is 10.1 Å². The van der Waals surface area contributed by atoms with Crippen LogP contribution in [0.2, 0.25) is 0 Å². The van der Waals surface area contributed by atoms with E-state index < -0.39 is 0 Å². The van der Waals surface area contributed by atoms with E-state index >= 15 is 0 Å². The van der Waals surface area contributed by atoms with Crippen LogP contribution in [0.1, 0.15) is 30.0 Å². The van der Waals surface area contributed by atoms with E-state index in [0.29, 0.717) is 18.1 Å². The topological polar surface area (TPSA) is 64.3 Å². The lowest BCUT2D eigenvalue weighted by atomic mass is 10.2. The molecule has 3 aromatic rings. The van der Waals surface area contributed by atoms with Crippen LogP contribution in [0.15, 0.2) is 30.6 Å². The zero-order valence-electron chi connectivity index (χ0n) is 12.7. The quantitative estimate of drug-likeness (QED) is 0.784. The fraction of sp³-hybridized carbons (Fsp3) is 0.312. The summed E-state index contributed by atoms with van der Waals surface area (Å²) in [5, 5.41) is 15.8. The van der Waals surface area contributed by atoms with Crippen molar-refractivity contribution >= 4 is 11.3 Å². The highest BCUT2D eigenvalue weighted by Gasteiger charge is 2.26. The molecule has 1 aliphatic rings. The molecule has 0 unspecified atom stereocenters. The minimum atomic E-state index is -0.368. The number of rotatable bonds is 5. The Kier molecular flexibility index (Phi) is 3.33. The molecule has 0 amide bonds. The second kappa shape index (κ2) is 5.49. The van der Waals surface area contributed by atoms with E-state index in [9.17, 15) is 4.39 Å². The maximum atomic E-state index is 13.8. The van der Waals surface area contributed by atoms with E-state index in [2.05, 4.69) is 20.6 Å². The maximum Gasteiger partial charge on any atom is 0.200 e. The summed E-state index contributed by atoms with van der Waals surface area (Å²) in [6.45, 7) is 0.484. The molecule has 1 N–H and O–H groups in total. The van der Waals surface area contributed by atoms with Gasteiger partial charge in [0.2, 0.25) is 5.65 Å². The van der Waals surface area contributed by atoms with Crippen molar-refractivity contribution in [2.45, 2.75) is 25.3 Å². The van der Waals surface area contributed by atoms with Crippen LogP contribution in [-0.2, 0) is 6.54 Å². The van der Waals surface area contributed by atoms with E-state index in [1.54, 1.807) is 16.9 Å². The second-order valence-electron chi connectivity index (χ2n) is 5.68. The molecule has 118 valence electrons. The SMILES string of the molecule is COc1ccc(CNc2cc(C3CC3)nn3cnnc23)cc1F. The number of ether oxygens (including phenoxy) is 1. The van der Waals surface area contributed by atoms with Crippen LogP contribution in [0.25, 0.3) is 5.65 Å². The molecular weight excluding hydrogens is 297 g/mol. The van der Waals surface area contributed by atoms with Gasteiger partial charge in [0.05, 0.1) is 18.5 Å². The molecule has 0 saturated heterocycles. The number of benzene rings is 1. The van der Waals surface area contributed by atoms with Gasteiger partial charge < -0.3 is 10.1 Å². The fourth-order valence-corrected chi connectivity index (χ4v) is 2.57. The normalized spacial score (nSPS) is 14.2. The Morgan fingerprint density at radius 1 is 1.35 bits per heavy atom. The van der Waals surface area contributed by atoms with Gasteiger partial charge in [0, 0.05) is 12.5 Å². The van der Waals surface area contributed by atoms with Crippen LogP contribution in [0, 0.1) is 5.82 Å². The van der Waals surface area contributed by atoms with Gasteiger partial charge in [0.15, 0.2) is 11.6 Å². The zero-order chi connectivity index (χ0) is 15.8. The van der Waals surface area contributed by atoms with Crippen LogP contribution in [-0.4, -0.2) is 26.9 Å². The molecule has 0 atom stereocenters. The Morgan fingerprint density at radius 2 is 2.22 bits per heavy atom.